The fourth-order valence-corrected chi connectivity index (χ4v) is 3.38. The molecule has 0 aliphatic carbocycles. The molecule has 1 fully saturated rings. The summed E-state index contributed by atoms with van der Waals surface area (Å²) in [6, 6.07) is 6.31. The van der Waals surface area contributed by atoms with Gasteiger partial charge in [0, 0.05) is 32.0 Å². The summed E-state index contributed by atoms with van der Waals surface area (Å²) in [5.41, 5.74) is 2.26. The van der Waals surface area contributed by atoms with Gasteiger partial charge in [0.1, 0.15) is 5.75 Å². The molecule has 0 radical (unpaired) electrons. The molecule has 0 spiro atoms. The molecule has 1 aliphatic rings. The summed E-state index contributed by atoms with van der Waals surface area (Å²) in [6.07, 6.45) is 4.38. The third-order valence-corrected chi connectivity index (χ3v) is 4.88. The van der Waals surface area contributed by atoms with Crippen molar-refractivity contribution in [2.45, 2.75) is 65.3 Å². The van der Waals surface area contributed by atoms with E-state index in [0.29, 0.717) is 19.4 Å². The Labute approximate surface area is 157 Å². The third-order valence-electron chi connectivity index (χ3n) is 4.88. The van der Waals surface area contributed by atoms with E-state index in [1.165, 1.54) is 0 Å². The van der Waals surface area contributed by atoms with Crippen LogP contribution in [0, 0.1) is 13.8 Å². The highest BCUT2D eigenvalue weighted by atomic mass is 16.5. The lowest BCUT2D eigenvalue weighted by Gasteiger charge is -2.32. The summed E-state index contributed by atoms with van der Waals surface area (Å²) in [5, 5.41) is 3.06. The van der Waals surface area contributed by atoms with Gasteiger partial charge >= 0.3 is 0 Å². The molecule has 26 heavy (non-hydrogen) atoms. The Kier molecular flexibility index (Phi) is 7.95. The van der Waals surface area contributed by atoms with Gasteiger partial charge in [-0.3, -0.25) is 9.59 Å². The molecule has 2 amide bonds. The number of benzene rings is 1. The molecule has 2 rings (SSSR count). The van der Waals surface area contributed by atoms with Crippen LogP contribution in [0.3, 0.4) is 0 Å². The number of carbonyl (C=O) groups is 2. The van der Waals surface area contributed by atoms with Gasteiger partial charge in [0.2, 0.25) is 11.8 Å². The summed E-state index contributed by atoms with van der Waals surface area (Å²) >= 11 is 0. The molecule has 144 valence electrons. The van der Waals surface area contributed by atoms with Gasteiger partial charge in [-0.05, 0) is 50.7 Å². The molecule has 1 aromatic rings. The molecular formula is C21H32N2O3. The first-order chi connectivity index (χ1) is 12.5. The van der Waals surface area contributed by atoms with Crippen molar-refractivity contribution in [1.29, 1.82) is 0 Å². The van der Waals surface area contributed by atoms with Gasteiger partial charge in [0.15, 0.2) is 0 Å². The standard InChI is InChI=1S/C21H32N2O3/c1-4-7-19(24)22-18-11-13-23(14-12-18)20(25)10-6-15-26-21-16(2)8-5-9-17(21)3/h5,8-9,18H,4,6-7,10-15H2,1-3H3,(H,22,24). The molecule has 1 heterocycles. The Morgan fingerprint density at radius 2 is 1.81 bits per heavy atom. The maximum atomic E-state index is 12.4. The van der Waals surface area contributed by atoms with Crippen LogP contribution in [0.25, 0.3) is 0 Å². The summed E-state index contributed by atoms with van der Waals surface area (Å²) in [5.74, 6) is 1.25. The Morgan fingerprint density at radius 1 is 1.15 bits per heavy atom. The van der Waals surface area contributed by atoms with Gasteiger partial charge in [-0.2, -0.15) is 0 Å². The van der Waals surface area contributed by atoms with E-state index in [-0.39, 0.29) is 17.9 Å². The van der Waals surface area contributed by atoms with Crippen LogP contribution in [0.5, 0.6) is 5.75 Å². The van der Waals surface area contributed by atoms with Crippen molar-refractivity contribution < 1.29 is 14.3 Å². The normalized spacial score (nSPS) is 15.0. The van der Waals surface area contributed by atoms with Crippen molar-refractivity contribution in [3.05, 3.63) is 29.3 Å². The zero-order valence-corrected chi connectivity index (χ0v) is 16.3. The van der Waals surface area contributed by atoms with Crippen LogP contribution in [0.2, 0.25) is 0 Å². The zero-order valence-electron chi connectivity index (χ0n) is 16.3. The SMILES string of the molecule is CCCC(=O)NC1CCN(C(=O)CCCOc2c(C)cccc2C)CC1. The quantitative estimate of drug-likeness (QED) is 0.723. The number of likely N-dealkylation sites (tertiary alicyclic amines) is 1. The van der Waals surface area contributed by atoms with Gasteiger partial charge < -0.3 is 15.0 Å². The van der Waals surface area contributed by atoms with E-state index < -0.39 is 0 Å². The van der Waals surface area contributed by atoms with Gasteiger partial charge in [0.05, 0.1) is 6.61 Å². The summed E-state index contributed by atoms with van der Waals surface area (Å²) in [6.45, 7) is 8.10. The van der Waals surface area contributed by atoms with Gasteiger partial charge in [-0.1, -0.05) is 25.1 Å². The molecule has 0 atom stereocenters. The van der Waals surface area contributed by atoms with Crippen LogP contribution in [-0.4, -0.2) is 42.5 Å². The topological polar surface area (TPSA) is 58.6 Å². The number of nitrogens with one attached hydrogen (secondary N) is 1. The summed E-state index contributed by atoms with van der Waals surface area (Å²) < 4.78 is 5.87. The fourth-order valence-electron chi connectivity index (χ4n) is 3.38. The lowest BCUT2D eigenvalue weighted by Crippen LogP contribution is -2.46. The van der Waals surface area contributed by atoms with Crippen molar-refractivity contribution in [3.8, 4) is 5.75 Å². The lowest BCUT2D eigenvalue weighted by molar-refractivity contribution is -0.132. The van der Waals surface area contributed by atoms with Crippen molar-refractivity contribution >= 4 is 11.8 Å². The van der Waals surface area contributed by atoms with Crippen LogP contribution in [0.4, 0.5) is 0 Å². The van der Waals surface area contributed by atoms with Gasteiger partial charge in [0.25, 0.3) is 0 Å². The number of hydrogen-bond donors (Lipinski definition) is 1. The number of amides is 2. The van der Waals surface area contributed by atoms with Crippen LogP contribution < -0.4 is 10.1 Å². The number of hydrogen-bond acceptors (Lipinski definition) is 3. The van der Waals surface area contributed by atoms with E-state index in [4.69, 9.17) is 4.74 Å². The minimum atomic E-state index is 0.126. The Bertz CT molecular complexity index is 587. The number of rotatable bonds is 8. The maximum absolute atomic E-state index is 12.4. The predicted molar refractivity (Wildman–Crippen MR) is 103 cm³/mol. The van der Waals surface area contributed by atoms with E-state index in [1.807, 2.05) is 43.9 Å². The Hall–Kier alpha value is -2.04. The highest BCUT2D eigenvalue weighted by Gasteiger charge is 2.23. The minimum Gasteiger partial charge on any atom is -0.493 e. The Morgan fingerprint density at radius 3 is 2.42 bits per heavy atom. The van der Waals surface area contributed by atoms with Gasteiger partial charge in [-0.15, -0.1) is 0 Å². The van der Waals surface area contributed by atoms with Crippen molar-refractivity contribution in [2.75, 3.05) is 19.7 Å². The molecule has 5 heteroatoms. The highest BCUT2D eigenvalue weighted by Crippen LogP contribution is 2.22. The van der Waals surface area contributed by atoms with Crippen LogP contribution in [-0.2, 0) is 9.59 Å². The fraction of sp³-hybridized carbons (Fsp3) is 0.619. The summed E-state index contributed by atoms with van der Waals surface area (Å²) in [7, 11) is 0. The Balaban J connectivity index is 1.66. The van der Waals surface area contributed by atoms with E-state index in [2.05, 4.69) is 5.32 Å². The molecule has 1 N–H and O–H groups in total. The van der Waals surface area contributed by atoms with E-state index >= 15 is 0 Å². The van der Waals surface area contributed by atoms with E-state index in [1.54, 1.807) is 0 Å². The minimum absolute atomic E-state index is 0.126. The van der Waals surface area contributed by atoms with Crippen LogP contribution in [0.15, 0.2) is 18.2 Å². The second-order valence-corrected chi connectivity index (χ2v) is 7.15. The lowest BCUT2D eigenvalue weighted by atomic mass is 10.0. The predicted octanol–water partition coefficient (Wildman–Crippen LogP) is 3.37. The molecular weight excluding hydrogens is 328 g/mol. The summed E-state index contributed by atoms with van der Waals surface area (Å²) in [4.78, 5) is 25.9. The number of carbonyl (C=O) groups excluding carboxylic acids is 2. The van der Waals surface area contributed by atoms with Gasteiger partial charge in [-0.25, -0.2) is 0 Å². The largest absolute Gasteiger partial charge is 0.493 e. The highest BCUT2D eigenvalue weighted by molar-refractivity contribution is 5.77. The van der Waals surface area contributed by atoms with E-state index in [9.17, 15) is 9.59 Å². The number of aryl methyl sites for hydroxylation is 2. The monoisotopic (exact) mass is 360 g/mol. The smallest absolute Gasteiger partial charge is 0.222 e. The van der Waals surface area contributed by atoms with Crippen molar-refractivity contribution in [3.63, 3.8) is 0 Å². The number of nitrogens with zero attached hydrogens (tertiary/aromatic N) is 1. The average Bonchev–Trinajstić information content (AvgIpc) is 2.61. The first-order valence-electron chi connectivity index (χ1n) is 9.77. The third kappa shape index (κ3) is 6.04. The molecule has 1 aliphatic heterocycles. The zero-order chi connectivity index (χ0) is 18.9. The number of ether oxygens (including phenoxy) is 1. The molecule has 0 aromatic heterocycles. The van der Waals surface area contributed by atoms with Crippen LogP contribution >= 0.6 is 0 Å². The van der Waals surface area contributed by atoms with Crippen LogP contribution in [0.1, 0.15) is 56.6 Å². The first kappa shape index (κ1) is 20.3. The maximum Gasteiger partial charge on any atom is 0.222 e. The molecule has 1 aromatic carbocycles. The first-order valence-corrected chi connectivity index (χ1v) is 9.77. The molecule has 1 saturated heterocycles. The molecule has 0 bridgehead atoms. The van der Waals surface area contributed by atoms with Crippen molar-refractivity contribution in [2.24, 2.45) is 0 Å². The number of piperidine rings is 1. The second kappa shape index (κ2) is 10.2. The molecule has 0 saturated carbocycles. The number of para-hydroxylation sites is 1. The van der Waals surface area contributed by atoms with Crippen molar-refractivity contribution in [1.82, 2.24) is 10.2 Å². The molecule has 5 nitrogen and oxygen atoms in total. The molecule has 0 unspecified atom stereocenters. The van der Waals surface area contributed by atoms with E-state index in [0.717, 1.165) is 55.6 Å². The average molecular weight is 360 g/mol. The second-order valence-electron chi connectivity index (χ2n) is 7.15.